The number of carbonyl (C=O) groups is 1. The zero-order valence-electron chi connectivity index (χ0n) is 17.5. The van der Waals surface area contributed by atoms with Crippen molar-refractivity contribution >= 4 is 18.3 Å². The van der Waals surface area contributed by atoms with E-state index in [2.05, 4.69) is 53.2 Å². The molecular weight excluding hydrogens is 370 g/mol. The summed E-state index contributed by atoms with van der Waals surface area (Å²) in [6, 6.07) is 9.50. The van der Waals surface area contributed by atoms with Crippen LogP contribution in [0, 0.1) is 0 Å². The van der Waals surface area contributed by atoms with Gasteiger partial charge in [-0.15, -0.1) is 12.4 Å². The molecule has 2 saturated heterocycles. The molecule has 1 saturated carbocycles. The number of piperazine rings is 1. The summed E-state index contributed by atoms with van der Waals surface area (Å²) in [4.78, 5) is 18.5. The summed E-state index contributed by atoms with van der Waals surface area (Å²) >= 11 is 0. The zero-order valence-corrected chi connectivity index (χ0v) is 18.3. The Labute approximate surface area is 176 Å². The van der Waals surface area contributed by atoms with Crippen LogP contribution in [0.15, 0.2) is 24.3 Å². The molecule has 1 aromatic carbocycles. The number of nitrogens with one attached hydrogen (secondary N) is 1. The van der Waals surface area contributed by atoms with Crippen LogP contribution in [0.2, 0.25) is 0 Å². The minimum absolute atomic E-state index is 0. The molecule has 1 aromatic rings. The molecule has 0 radical (unpaired) electrons. The van der Waals surface area contributed by atoms with Gasteiger partial charge in [0, 0.05) is 45.3 Å². The number of halogens is 1. The Kier molecular flexibility index (Phi) is 7.06. The fraction of sp³-hybridized carbons (Fsp3) is 0.696. The Balaban J connectivity index is 0.00000225. The summed E-state index contributed by atoms with van der Waals surface area (Å²) < 4.78 is 0. The van der Waals surface area contributed by atoms with E-state index in [9.17, 15) is 4.79 Å². The van der Waals surface area contributed by atoms with Crippen molar-refractivity contribution < 1.29 is 4.79 Å². The van der Waals surface area contributed by atoms with Gasteiger partial charge < -0.3 is 10.2 Å². The second-order valence-electron chi connectivity index (χ2n) is 9.05. The average Bonchev–Trinajstić information content (AvgIpc) is 3.39. The molecule has 4 rings (SSSR count). The van der Waals surface area contributed by atoms with Crippen molar-refractivity contribution in [1.82, 2.24) is 15.1 Å². The van der Waals surface area contributed by atoms with Crippen LogP contribution in [0.3, 0.4) is 0 Å². The molecule has 3 fully saturated rings. The van der Waals surface area contributed by atoms with Gasteiger partial charge in [0.15, 0.2) is 0 Å². The number of benzene rings is 1. The number of amides is 1. The highest BCUT2D eigenvalue weighted by Gasteiger charge is 2.46. The van der Waals surface area contributed by atoms with Crippen LogP contribution < -0.4 is 5.32 Å². The molecule has 156 valence electrons. The lowest BCUT2D eigenvalue weighted by Crippen LogP contribution is -2.50. The average molecular weight is 406 g/mol. The van der Waals surface area contributed by atoms with Crippen molar-refractivity contribution in [2.24, 2.45) is 0 Å². The van der Waals surface area contributed by atoms with E-state index in [1.54, 1.807) is 0 Å². The second-order valence-corrected chi connectivity index (χ2v) is 9.05. The predicted molar refractivity (Wildman–Crippen MR) is 117 cm³/mol. The summed E-state index contributed by atoms with van der Waals surface area (Å²) in [5.74, 6) is 0.933. The van der Waals surface area contributed by atoms with Gasteiger partial charge in [0.25, 0.3) is 0 Å². The Morgan fingerprint density at radius 3 is 2.32 bits per heavy atom. The minimum Gasteiger partial charge on any atom is -0.340 e. The van der Waals surface area contributed by atoms with E-state index in [0.717, 1.165) is 58.5 Å². The first-order valence-electron chi connectivity index (χ1n) is 10.9. The van der Waals surface area contributed by atoms with E-state index in [1.807, 2.05) is 0 Å². The number of likely N-dealkylation sites (tertiary alicyclic amines) is 1. The third-order valence-corrected chi connectivity index (χ3v) is 7.12. The molecule has 0 aromatic heterocycles. The standard InChI is InChI=1S/C23H35N3O.ClH/c1-18(2)19-5-7-20(8-6-19)23(10-3-4-11-23)22(27)26-14-9-21(17-26)25-15-12-24-13-16-25;/h5-8,18,21,24H,3-4,9-17H2,1-2H3;1H. The molecule has 3 aliphatic rings. The van der Waals surface area contributed by atoms with E-state index >= 15 is 0 Å². The maximum absolute atomic E-state index is 13.7. The largest absolute Gasteiger partial charge is 0.340 e. The highest BCUT2D eigenvalue weighted by Crippen LogP contribution is 2.43. The van der Waals surface area contributed by atoms with Crippen LogP contribution in [0.4, 0.5) is 0 Å². The molecule has 1 unspecified atom stereocenters. The van der Waals surface area contributed by atoms with Gasteiger partial charge in [-0.1, -0.05) is 51.0 Å². The van der Waals surface area contributed by atoms with Gasteiger partial charge in [0.05, 0.1) is 5.41 Å². The monoisotopic (exact) mass is 405 g/mol. The van der Waals surface area contributed by atoms with Crippen molar-refractivity contribution in [2.45, 2.75) is 63.3 Å². The van der Waals surface area contributed by atoms with Crippen LogP contribution >= 0.6 is 12.4 Å². The lowest BCUT2D eigenvalue weighted by Gasteiger charge is -2.35. The van der Waals surface area contributed by atoms with E-state index in [1.165, 1.54) is 24.0 Å². The number of hydrogen-bond acceptors (Lipinski definition) is 3. The van der Waals surface area contributed by atoms with Crippen molar-refractivity contribution in [2.75, 3.05) is 39.3 Å². The third kappa shape index (κ3) is 4.10. The smallest absolute Gasteiger partial charge is 0.233 e. The molecule has 2 aliphatic heterocycles. The number of carbonyl (C=O) groups excluding carboxylic acids is 1. The van der Waals surface area contributed by atoms with E-state index in [0.29, 0.717) is 17.9 Å². The molecule has 5 heteroatoms. The molecule has 2 heterocycles. The van der Waals surface area contributed by atoms with Gasteiger partial charge >= 0.3 is 0 Å². The van der Waals surface area contributed by atoms with Crippen molar-refractivity contribution in [3.8, 4) is 0 Å². The van der Waals surface area contributed by atoms with Crippen LogP contribution in [-0.2, 0) is 10.2 Å². The lowest BCUT2D eigenvalue weighted by atomic mass is 9.77. The van der Waals surface area contributed by atoms with Crippen LogP contribution in [0.1, 0.15) is 63.0 Å². The minimum atomic E-state index is -0.270. The Bertz CT molecular complexity index is 648. The summed E-state index contributed by atoms with van der Waals surface area (Å²) in [7, 11) is 0. The zero-order chi connectivity index (χ0) is 18.9. The first kappa shape index (κ1) is 21.6. The highest BCUT2D eigenvalue weighted by molar-refractivity contribution is 5.89. The topological polar surface area (TPSA) is 35.6 Å². The van der Waals surface area contributed by atoms with Gasteiger partial charge in [-0.2, -0.15) is 0 Å². The molecule has 4 nitrogen and oxygen atoms in total. The number of rotatable bonds is 4. The van der Waals surface area contributed by atoms with Crippen molar-refractivity contribution in [3.05, 3.63) is 35.4 Å². The molecular formula is C23H36ClN3O. The Morgan fingerprint density at radius 1 is 1.07 bits per heavy atom. The third-order valence-electron chi connectivity index (χ3n) is 7.12. The van der Waals surface area contributed by atoms with Crippen molar-refractivity contribution in [3.63, 3.8) is 0 Å². The normalized spacial score (nSPS) is 25.1. The first-order chi connectivity index (χ1) is 13.1. The summed E-state index contributed by atoms with van der Waals surface area (Å²) in [6.45, 7) is 10.7. The lowest BCUT2D eigenvalue weighted by molar-refractivity contribution is -0.136. The molecule has 0 bridgehead atoms. The number of nitrogens with zero attached hydrogens (tertiary/aromatic N) is 2. The molecule has 28 heavy (non-hydrogen) atoms. The number of hydrogen-bond donors (Lipinski definition) is 1. The van der Waals surface area contributed by atoms with Gasteiger partial charge in [0.1, 0.15) is 0 Å². The Morgan fingerprint density at radius 2 is 1.71 bits per heavy atom. The summed E-state index contributed by atoms with van der Waals surface area (Å²) in [6.07, 6.45) is 5.51. The van der Waals surface area contributed by atoms with E-state index < -0.39 is 0 Å². The highest BCUT2D eigenvalue weighted by atomic mass is 35.5. The van der Waals surface area contributed by atoms with Gasteiger partial charge in [0.2, 0.25) is 5.91 Å². The van der Waals surface area contributed by atoms with Crippen LogP contribution in [0.25, 0.3) is 0 Å². The maximum Gasteiger partial charge on any atom is 0.233 e. The predicted octanol–water partition coefficient (Wildman–Crippen LogP) is 3.55. The second kappa shape index (κ2) is 9.15. The van der Waals surface area contributed by atoms with Gasteiger partial charge in [-0.3, -0.25) is 9.69 Å². The fourth-order valence-corrected chi connectivity index (χ4v) is 5.37. The quantitative estimate of drug-likeness (QED) is 0.832. The fourth-order valence-electron chi connectivity index (χ4n) is 5.37. The molecule has 1 atom stereocenters. The van der Waals surface area contributed by atoms with E-state index in [4.69, 9.17) is 0 Å². The van der Waals surface area contributed by atoms with Gasteiger partial charge in [-0.25, -0.2) is 0 Å². The van der Waals surface area contributed by atoms with Gasteiger partial charge in [-0.05, 0) is 36.3 Å². The Hall–Kier alpha value is -1.10. The molecule has 0 spiro atoms. The molecule has 1 N–H and O–H groups in total. The maximum atomic E-state index is 13.7. The van der Waals surface area contributed by atoms with E-state index in [-0.39, 0.29) is 17.8 Å². The first-order valence-corrected chi connectivity index (χ1v) is 10.9. The van der Waals surface area contributed by atoms with Crippen LogP contribution in [-0.4, -0.2) is 61.0 Å². The van der Waals surface area contributed by atoms with Crippen molar-refractivity contribution in [1.29, 1.82) is 0 Å². The molecule has 1 aliphatic carbocycles. The summed E-state index contributed by atoms with van der Waals surface area (Å²) in [5.41, 5.74) is 2.34. The summed E-state index contributed by atoms with van der Waals surface area (Å²) in [5, 5.41) is 3.43. The molecule has 1 amide bonds. The van der Waals surface area contributed by atoms with Crippen LogP contribution in [0.5, 0.6) is 0 Å². The SMILES string of the molecule is CC(C)c1ccc(C2(C(=O)N3CCC(N4CCNCC4)C3)CCCC2)cc1.Cl.